The molecule has 1 aromatic carbocycles. The first-order valence-electron chi connectivity index (χ1n) is 10.0. The standard InChI is InChI=1S/C23H26N4O2/c1-17-20(22-5-2-3-15-27(22)24-17)13-16-26-14-4-6-21(26)19-10-7-18(8-11-19)9-12-23(28)25-29/h2-3,5,7-12,15,21,29H,4,6,13-14,16H2,1H3,(H,25,28)/t21-/m1/s1. The smallest absolute Gasteiger partial charge is 0.267 e. The van der Waals surface area contributed by atoms with Crippen LogP contribution in [0.2, 0.25) is 0 Å². The summed E-state index contributed by atoms with van der Waals surface area (Å²) in [5.74, 6) is -0.529. The summed E-state index contributed by atoms with van der Waals surface area (Å²) in [7, 11) is 0. The third-order valence-corrected chi connectivity index (χ3v) is 5.71. The molecule has 6 heteroatoms. The minimum Gasteiger partial charge on any atom is -0.296 e. The number of amides is 1. The first-order valence-corrected chi connectivity index (χ1v) is 10.0. The predicted octanol–water partition coefficient (Wildman–Crippen LogP) is 3.54. The molecule has 3 aromatic rings. The number of benzene rings is 1. The van der Waals surface area contributed by atoms with Gasteiger partial charge in [-0.3, -0.25) is 14.9 Å². The molecule has 0 aliphatic carbocycles. The van der Waals surface area contributed by atoms with E-state index < -0.39 is 5.91 Å². The number of hydroxylamine groups is 1. The van der Waals surface area contributed by atoms with E-state index in [0.29, 0.717) is 6.04 Å². The second kappa shape index (κ2) is 8.59. The van der Waals surface area contributed by atoms with E-state index in [1.165, 1.54) is 29.1 Å². The molecule has 0 bridgehead atoms. The highest BCUT2D eigenvalue weighted by molar-refractivity contribution is 5.90. The molecule has 1 aliphatic rings. The molecule has 2 N–H and O–H groups in total. The summed E-state index contributed by atoms with van der Waals surface area (Å²) in [4.78, 5) is 13.7. The van der Waals surface area contributed by atoms with Crippen molar-refractivity contribution >= 4 is 17.5 Å². The summed E-state index contributed by atoms with van der Waals surface area (Å²) in [5, 5.41) is 13.2. The van der Waals surface area contributed by atoms with Gasteiger partial charge >= 0.3 is 0 Å². The maximum absolute atomic E-state index is 11.1. The highest BCUT2D eigenvalue weighted by Crippen LogP contribution is 2.32. The Morgan fingerprint density at radius 2 is 2.10 bits per heavy atom. The van der Waals surface area contributed by atoms with E-state index in [1.54, 1.807) is 11.6 Å². The molecule has 1 saturated heterocycles. The van der Waals surface area contributed by atoms with Crippen LogP contribution in [-0.2, 0) is 11.2 Å². The van der Waals surface area contributed by atoms with Crippen molar-refractivity contribution in [1.29, 1.82) is 0 Å². The lowest BCUT2D eigenvalue weighted by molar-refractivity contribution is -0.124. The summed E-state index contributed by atoms with van der Waals surface area (Å²) in [6, 6.07) is 15.0. The topological polar surface area (TPSA) is 69.9 Å². The molecule has 150 valence electrons. The van der Waals surface area contributed by atoms with Gasteiger partial charge in [-0.15, -0.1) is 0 Å². The number of pyridine rings is 1. The Labute approximate surface area is 170 Å². The first kappa shape index (κ1) is 19.4. The molecule has 1 aliphatic heterocycles. The Morgan fingerprint density at radius 3 is 2.90 bits per heavy atom. The number of carbonyl (C=O) groups is 1. The molecule has 4 rings (SSSR count). The summed E-state index contributed by atoms with van der Waals surface area (Å²) in [6.45, 7) is 4.22. The first-order chi connectivity index (χ1) is 14.2. The molecule has 6 nitrogen and oxygen atoms in total. The molecule has 1 amide bonds. The Balaban J connectivity index is 1.44. The number of nitrogens with zero attached hydrogens (tertiary/aromatic N) is 3. The minimum atomic E-state index is -0.529. The van der Waals surface area contributed by atoms with Gasteiger partial charge in [0.05, 0.1) is 11.2 Å². The third kappa shape index (κ3) is 4.23. The molecule has 1 fully saturated rings. The van der Waals surface area contributed by atoms with E-state index in [2.05, 4.69) is 41.2 Å². The number of nitrogens with one attached hydrogen (secondary N) is 1. The van der Waals surface area contributed by atoms with Crippen LogP contribution in [0.25, 0.3) is 11.6 Å². The van der Waals surface area contributed by atoms with Gasteiger partial charge in [0.15, 0.2) is 0 Å². The molecule has 1 atom stereocenters. The average molecular weight is 390 g/mol. The van der Waals surface area contributed by atoms with Crippen LogP contribution in [0, 0.1) is 6.92 Å². The number of rotatable bonds is 6. The second-order valence-electron chi connectivity index (χ2n) is 7.51. The molecule has 29 heavy (non-hydrogen) atoms. The van der Waals surface area contributed by atoms with Crippen molar-refractivity contribution in [2.24, 2.45) is 0 Å². The van der Waals surface area contributed by atoms with Crippen LogP contribution in [0.1, 0.15) is 41.3 Å². The fourth-order valence-corrected chi connectivity index (χ4v) is 4.24. The van der Waals surface area contributed by atoms with Crippen LogP contribution in [0.3, 0.4) is 0 Å². The second-order valence-corrected chi connectivity index (χ2v) is 7.51. The zero-order chi connectivity index (χ0) is 20.2. The summed E-state index contributed by atoms with van der Waals surface area (Å²) < 4.78 is 1.97. The number of fused-ring (bicyclic) bond motifs is 1. The molecule has 3 heterocycles. The van der Waals surface area contributed by atoms with Crippen molar-refractivity contribution in [2.45, 2.75) is 32.2 Å². The van der Waals surface area contributed by atoms with Crippen LogP contribution in [0.4, 0.5) is 0 Å². The molecule has 0 saturated carbocycles. The van der Waals surface area contributed by atoms with Crippen molar-refractivity contribution in [2.75, 3.05) is 13.1 Å². The van der Waals surface area contributed by atoms with E-state index >= 15 is 0 Å². The van der Waals surface area contributed by atoms with Gasteiger partial charge < -0.3 is 0 Å². The van der Waals surface area contributed by atoms with Crippen LogP contribution in [0.5, 0.6) is 0 Å². The normalized spacial score (nSPS) is 17.4. The zero-order valence-electron chi connectivity index (χ0n) is 16.6. The maximum Gasteiger partial charge on any atom is 0.267 e. The highest BCUT2D eigenvalue weighted by Gasteiger charge is 2.26. The van der Waals surface area contributed by atoms with Crippen molar-refractivity contribution in [3.8, 4) is 0 Å². The Hall–Kier alpha value is -2.96. The molecule has 2 aromatic heterocycles. The lowest BCUT2D eigenvalue weighted by atomic mass is 10.0. The SMILES string of the molecule is Cc1nn2ccccc2c1CCN1CCC[C@@H]1c1ccc(C=CC(=O)NO)cc1. The molecular weight excluding hydrogens is 364 g/mol. The third-order valence-electron chi connectivity index (χ3n) is 5.71. The maximum atomic E-state index is 11.1. The van der Waals surface area contributed by atoms with Crippen molar-refractivity contribution < 1.29 is 10.0 Å². The summed E-state index contributed by atoms with van der Waals surface area (Å²) in [5.41, 5.74) is 7.48. The molecular formula is C23H26N4O2. The highest BCUT2D eigenvalue weighted by atomic mass is 16.5. The summed E-state index contributed by atoms with van der Waals surface area (Å²) in [6.07, 6.45) is 8.37. The van der Waals surface area contributed by atoms with E-state index in [4.69, 9.17) is 5.21 Å². The van der Waals surface area contributed by atoms with Gasteiger partial charge in [0.1, 0.15) is 0 Å². The van der Waals surface area contributed by atoms with E-state index in [0.717, 1.165) is 37.2 Å². The molecule has 0 unspecified atom stereocenters. The Kier molecular flexibility index (Phi) is 5.74. The number of carbonyl (C=O) groups excluding carboxylic acids is 1. The fraction of sp³-hybridized carbons (Fsp3) is 0.304. The van der Waals surface area contributed by atoms with Gasteiger partial charge in [-0.25, -0.2) is 10.00 Å². The van der Waals surface area contributed by atoms with Gasteiger partial charge in [-0.2, -0.15) is 5.10 Å². The van der Waals surface area contributed by atoms with Gasteiger partial charge in [0, 0.05) is 30.4 Å². The van der Waals surface area contributed by atoms with E-state index in [-0.39, 0.29) is 0 Å². The Morgan fingerprint density at radius 1 is 1.28 bits per heavy atom. The molecule has 0 radical (unpaired) electrons. The van der Waals surface area contributed by atoms with Crippen LogP contribution in [0.15, 0.2) is 54.7 Å². The number of aryl methyl sites for hydroxylation is 1. The number of hydrogen-bond acceptors (Lipinski definition) is 4. The van der Waals surface area contributed by atoms with Gasteiger partial charge in [-0.1, -0.05) is 30.3 Å². The number of hydrogen-bond donors (Lipinski definition) is 2. The van der Waals surface area contributed by atoms with Gasteiger partial charge in [-0.05, 0) is 62.1 Å². The van der Waals surface area contributed by atoms with Crippen molar-refractivity contribution in [3.05, 3.63) is 77.1 Å². The van der Waals surface area contributed by atoms with Crippen molar-refractivity contribution in [1.82, 2.24) is 20.0 Å². The predicted molar refractivity (Wildman–Crippen MR) is 113 cm³/mol. The lowest BCUT2D eigenvalue weighted by Crippen LogP contribution is -2.25. The molecule has 0 spiro atoms. The quantitative estimate of drug-likeness (QED) is 0.384. The zero-order valence-corrected chi connectivity index (χ0v) is 16.6. The Bertz CT molecular complexity index is 1020. The van der Waals surface area contributed by atoms with E-state index in [9.17, 15) is 4.79 Å². The van der Waals surface area contributed by atoms with Gasteiger partial charge in [0.2, 0.25) is 0 Å². The van der Waals surface area contributed by atoms with Crippen LogP contribution < -0.4 is 5.48 Å². The fourth-order valence-electron chi connectivity index (χ4n) is 4.24. The lowest BCUT2D eigenvalue weighted by Gasteiger charge is -2.25. The monoisotopic (exact) mass is 390 g/mol. The minimum absolute atomic E-state index is 0.427. The van der Waals surface area contributed by atoms with Gasteiger partial charge in [0.25, 0.3) is 5.91 Å². The largest absolute Gasteiger partial charge is 0.296 e. The van der Waals surface area contributed by atoms with Crippen LogP contribution >= 0.6 is 0 Å². The van der Waals surface area contributed by atoms with E-state index in [1.807, 2.05) is 28.9 Å². The summed E-state index contributed by atoms with van der Waals surface area (Å²) >= 11 is 0. The number of aromatic nitrogens is 2. The number of likely N-dealkylation sites (tertiary alicyclic amines) is 1. The average Bonchev–Trinajstić information content (AvgIpc) is 3.34. The van der Waals surface area contributed by atoms with Crippen LogP contribution in [-0.4, -0.2) is 38.7 Å². The van der Waals surface area contributed by atoms with Crippen molar-refractivity contribution in [3.63, 3.8) is 0 Å².